The molecule has 3 rings (SSSR count). The Kier molecular flexibility index (Phi) is 5.78. The number of carbonyl (C=O) groups is 1. The van der Waals surface area contributed by atoms with Crippen molar-refractivity contribution >= 4 is 17.6 Å². The lowest BCUT2D eigenvalue weighted by Gasteiger charge is -2.35. The van der Waals surface area contributed by atoms with Crippen LogP contribution in [0.2, 0.25) is 0 Å². The van der Waals surface area contributed by atoms with Crippen LogP contribution in [0.5, 0.6) is 0 Å². The molecule has 0 unspecified atom stereocenters. The van der Waals surface area contributed by atoms with Crippen molar-refractivity contribution in [3.8, 4) is 0 Å². The molecule has 2 aromatic rings. The lowest BCUT2D eigenvalue weighted by molar-refractivity contribution is -0.120. The zero-order valence-corrected chi connectivity index (χ0v) is 16.6. The molecular formula is C20H28N6O. The first kappa shape index (κ1) is 18.9. The number of nitrogens with zero attached hydrogens (tertiary/aromatic N) is 5. The van der Waals surface area contributed by atoms with Crippen LogP contribution in [0.4, 0.5) is 5.69 Å². The van der Waals surface area contributed by atoms with Crippen LogP contribution in [0.3, 0.4) is 0 Å². The maximum absolute atomic E-state index is 12.6. The molecule has 0 radical (unpaired) electrons. The van der Waals surface area contributed by atoms with Crippen LogP contribution in [-0.4, -0.2) is 59.8 Å². The summed E-state index contributed by atoms with van der Waals surface area (Å²) in [5.41, 5.74) is 4.78. The number of aliphatic imine (C=N–C) groups is 1. The van der Waals surface area contributed by atoms with E-state index >= 15 is 0 Å². The SMILES string of the molecule is CN=C(NCCc1ccc(C)cc1C)N1CCN(c2cnn(C)c2)C(=O)C1. The summed E-state index contributed by atoms with van der Waals surface area (Å²) in [7, 11) is 3.61. The Morgan fingerprint density at radius 1 is 1.30 bits per heavy atom. The lowest BCUT2D eigenvalue weighted by Crippen LogP contribution is -2.55. The van der Waals surface area contributed by atoms with Crippen LogP contribution in [0.25, 0.3) is 0 Å². The van der Waals surface area contributed by atoms with E-state index in [2.05, 4.69) is 47.5 Å². The number of hydrogen-bond donors (Lipinski definition) is 1. The number of carbonyl (C=O) groups excluding carboxylic acids is 1. The van der Waals surface area contributed by atoms with Crippen molar-refractivity contribution in [1.29, 1.82) is 0 Å². The number of anilines is 1. The first-order valence-corrected chi connectivity index (χ1v) is 9.28. The molecule has 1 amide bonds. The molecule has 1 aliphatic heterocycles. The molecule has 0 atom stereocenters. The maximum Gasteiger partial charge on any atom is 0.246 e. The van der Waals surface area contributed by atoms with Crippen molar-refractivity contribution in [2.45, 2.75) is 20.3 Å². The van der Waals surface area contributed by atoms with E-state index in [1.54, 1.807) is 22.8 Å². The summed E-state index contributed by atoms with van der Waals surface area (Å²) in [6.07, 6.45) is 4.52. The molecule has 144 valence electrons. The topological polar surface area (TPSA) is 65.8 Å². The second-order valence-electron chi connectivity index (χ2n) is 6.99. The molecule has 0 bridgehead atoms. The number of aromatic nitrogens is 2. The molecule has 27 heavy (non-hydrogen) atoms. The van der Waals surface area contributed by atoms with Crippen LogP contribution in [0.15, 0.2) is 35.6 Å². The van der Waals surface area contributed by atoms with Gasteiger partial charge in [0, 0.05) is 39.9 Å². The standard InChI is InChI=1S/C20H28N6O/c1-15-5-6-17(16(2)11-15)7-8-22-20(21-3)25-9-10-26(19(27)14-25)18-12-23-24(4)13-18/h5-6,11-13H,7-10,14H2,1-4H3,(H,21,22). The Morgan fingerprint density at radius 3 is 2.74 bits per heavy atom. The summed E-state index contributed by atoms with van der Waals surface area (Å²) in [6, 6.07) is 6.54. The van der Waals surface area contributed by atoms with E-state index in [1.165, 1.54) is 16.7 Å². The van der Waals surface area contributed by atoms with E-state index in [1.807, 2.05) is 18.1 Å². The van der Waals surface area contributed by atoms with Gasteiger partial charge in [0.05, 0.1) is 11.9 Å². The minimum atomic E-state index is 0.0616. The van der Waals surface area contributed by atoms with Crippen molar-refractivity contribution in [3.05, 3.63) is 47.3 Å². The normalized spacial score (nSPS) is 15.4. The van der Waals surface area contributed by atoms with Crippen molar-refractivity contribution in [2.75, 3.05) is 38.1 Å². The number of benzene rings is 1. The van der Waals surface area contributed by atoms with Gasteiger partial charge in [-0.05, 0) is 31.4 Å². The van der Waals surface area contributed by atoms with Gasteiger partial charge >= 0.3 is 0 Å². The summed E-state index contributed by atoms with van der Waals surface area (Å²) in [5, 5.41) is 7.55. The minimum Gasteiger partial charge on any atom is -0.356 e. The Morgan fingerprint density at radius 2 is 2.11 bits per heavy atom. The summed E-state index contributed by atoms with van der Waals surface area (Å²) < 4.78 is 1.71. The van der Waals surface area contributed by atoms with Crippen molar-refractivity contribution in [2.24, 2.45) is 12.0 Å². The van der Waals surface area contributed by atoms with Gasteiger partial charge in [0.15, 0.2) is 5.96 Å². The molecule has 2 heterocycles. The first-order chi connectivity index (χ1) is 13.0. The highest BCUT2D eigenvalue weighted by Crippen LogP contribution is 2.16. The summed E-state index contributed by atoms with van der Waals surface area (Å²) in [4.78, 5) is 20.7. The van der Waals surface area contributed by atoms with E-state index in [4.69, 9.17) is 0 Å². The van der Waals surface area contributed by atoms with E-state index in [9.17, 15) is 4.79 Å². The van der Waals surface area contributed by atoms with Crippen molar-refractivity contribution < 1.29 is 4.79 Å². The van der Waals surface area contributed by atoms with E-state index in [0.717, 1.165) is 31.2 Å². The maximum atomic E-state index is 12.6. The van der Waals surface area contributed by atoms with Gasteiger partial charge in [0.25, 0.3) is 0 Å². The number of hydrogen-bond acceptors (Lipinski definition) is 3. The number of guanidine groups is 1. The van der Waals surface area contributed by atoms with Crippen molar-refractivity contribution in [1.82, 2.24) is 20.0 Å². The molecule has 1 fully saturated rings. The van der Waals surface area contributed by atoms with Gasteiger partial charge in [-0.3, -0.25) is 14.5 Å². The summed E-state index contributed by atoms with van der Waals surface area (Å²) in [6.45, 7) is 6.73. The van der Waals surface area contributed by atoms with Crippen LogP contribution < -0.4 is 10.2 Å². The number of piperazine rings is 1. The fourth-order valence-corrected chi connectivity index (χ4v) is 3.44. The molecule has 0 aliphatic carbocycles. The molecule has 0 spiro atoms. The molecule has 1 aromatic carbocycles. The fourth-order valence-electron chi connectivity index (χ4n) is 3.44. The monoisotopic (exact) mass is 368 g/mol. The Labute approximate surface area is 160 Å². The first-order valence-electron chi connectivity index (χ1n) is 9.28. The number of aryl methyl sites for hydroxylation is 3. The highest BCUT2D eigenvalue weighted by Gasteiger charge is 2.27. The molecule has 7 heteroatoms. The van der Waals surface area contributed by atoms with E-state index in [-0.39, 0.29) is 5.91 Å². The number of nitrogens with one attached hydrogen (secondary N) is 1. The third-order valence-corrected chi connectivity index (χ3v) is 4.91. The zero-order chi connectivity index (χ0) is 19.4. The summed E-state index contributed by atoms with van der Waals surface area (Å²) >= 11 is 0. The van der Waals surface area contributed by atoms with E-state index < -0.39 is 0 Å². The predicted octanol–water partition coefficient (Wildman–Crippen LogP) is 1.50. The number of rotatable bonds is 4. The zero-order valence-electron chi connectivity index (χ0n) is 16.6. The second kappa shape index (κ2) is 8.24. The van der Waals surface area contributed by atoms with Gasteiger partial charge in [-0.25, -0.2) is 0 Å². The van der Waals surface area contributed by atoms with Gasteiger partial charge < -0.3 is 15.1 Å². The quantitative estimate of drug-likeness (QED) is 0.656. The van der Waals surface area contributed by atoms with Gasteiger partial charge in [-0.1, -0.05) is 23.8 Å². The molecule has 1 N–H and O–H groups in total. The molecule has 0 saturated carbocycles. The average Bonchev–Trinajstić information content (AvgIpc) is 3.06. The fraction of sp³-hybridized carbons (Fsp3) is 0.450. The third-order valence-electron chi connectivity index (χ3n) is 4.91. The molecule has 1 aliphatic rings. The van der Waals surface area contributed by atoms with Gasteiger partial charge in [0.1, 0.15) is 6.54 Å². The number of amides is 1. The van der Waals surface area contributed by atoms with Crippen molar-refractivity contribution in [3.63, 3.8) is 0 Å². The average molecular weight is 368 g/mol. The van der Waals surface area contributed by atoms with Gasteiger partial charge in [-0.2, -0.15) is 5.10 Å². The Bertz CT molecular complexity index is 841. The third kappa shape index (κ3) is 4.48. The lowest BCUT2D eigenvalue weighted by atomic mass is 10.0. The molecule has 7 nitrogen and oxygen atoms in total. The van der Waals surface area contributed by atoms with Gasteiger partial charge in [-0.15, -0.1) is 0 Å². The smallest absolute Gasteiger partial charge is 0.246 e. The second-order valence-corrected chi connectivity index (χ2v) is 6.99. The van der Waals surface area contributed by atoms with Crippen LogP contribution >= 0.6 is 0 Å². The highest BCUT2D eigenvalue weighted by atomic mass is 16.2. The largest absolute Gasteiger partial charge is 0.356 e. The predicted molar refractivity (Wildman–Crippen MR) is 108 cm³/mol. The summed E-state index contributed by atoms with van der Waals surface area (Å²) in [5.74, 6) is 0.838. The molecular weight excluding hydrogens is 340 g/mol. The molecule has 1 saturated heterocycles. The Balaban J connectivity index is 1.55. The van der Waals surface area contributed by atoms with Crippen LogP contribution in [-0.2, 0) is 18.3 Å². The highest BCUT2D eigenvalue weighted by molar-refractivity contribution is 5.98. The van der Waals surface area contributed by atoms with Crippen LogP contribution in [0, 0.1) is 13.8 Å². The van der Waals surface area contributed by atoms with E-state index in [0.29, 0.717) is 13.1 Å². The van der Waals surface area contributed by atoms with Crippen LogP contribution in [0.1, 0.15) is 16.7 Å². The minimum absolute atomic E-state index is 0.0616. The van der Waals surface area contributed by atoms with Gasteiger partial charge in [0.2, 0.25) is 5.91 Å². The Hall–Kier alpha value is -2.83. The molecule has 1 aromatic heterocycles.